The largest absolute Gasteiger partial charge is 0.354 e. The van der Waals surface area contributed by atoms with E-state index in [1.807, 2.05) is 0 Å². The third kappa shape index (κ3) is 3.40. The van der Waals surface area contributed by atoms with Gasteiger partial charge in [-0.25, -0.2) is 15.0 Å². The third-order valence-corrected chi connectivity index (χ3v) is 2.52. The van der Waals surface area contributed by atoms with Crippen molar-refractivity contribution in [2.24, 2.45) is 0 Å². The van der Waals surface area contributed by atoms with Gasteiger partial charge >= 0.3 is 0 Å². The molecule has 0 radical (unpaired) electrons. The Bertz CT molecular complexity index is 412. The summed E-state index contributed by atoms with van der Waals surface area (Å²) >= 11 is 2.18. The Morgan fingerprint density at radius 1 is 1.25 bits per heavy atom. The van der Waals surface area contributed by atoms with Crippen molar-refractivity contribution < 1.29 is 0 Å². The highest BCUT2D eigenvalue weighted by Gasteiger charge is 1.97. The molecule has 2 heterocycles. The van der Waals surface area contributed by atoms with Gasteiger partial charge in [-0.1, -0.05) is 0 Å². The molecule has 2 rings (SSSR count). The number of H-pyrrole nitrogens is 1. The first-order valence-corrected chi connectivity index (χ1v) is 5.98. The number of nitrogens with zero attached hydrogens (tertiary/aromatic N) is 4. The standard InChI is InChI=1S/C9H11IN6/c10-7-4-12-9(13-5-7)11-3-1-2-8-14-6-15-16-8/h4-6H,1-3H2,(H,11,12,13)(H,14,15,16). The quantitative estimate of drug-likeness (QED) is 0.637. The van der Waals surface area contributed by atoms with Crippen molar-refractivity contribution in [3.63, 3.8) is 0 Å². The van der Waals surface area contributed by atoms with Crippen LogP contribution in [0.2, 0.25) is 0 Å². The van der Waals surface area contributed by atoms with Crippen LogP contribution in [0.25, 0.3) is 0 Å². The number of anilines is 1. The SMILES string of the molecule is Ic1cnc(NCCCc2ncn[nH]2)nc1. The fourth-order valence-electron chi connectivity index (χ4n) is 1.21. The van der Waals surface area contributed by atoms with Crippen molar-refractivity contribution in [1.82, 2.24) is 25.1 Å². The number of aryl methyl sites for hydroxylation is 1. The van der Waals surface area contributed by atoms with Crippen molar-refractivity contribution in [1.29, 1.82) is 0 Å². The van der Waals surface area contributed by atoms with Gasteiger partial charge < -0.3 is 5.32 Å². The molecule has 84 valence electrons. The van der Waals surface area contributed by atoms with Crippen LogP contribution in [0.4, 0.5) is 5.95 Å². The van der Waals surface area contributed by atoms with E-state index >= 15 is 0 Å². The Hall–Kier alpha value is -1.25. The second kappa shape index (κ2) is 5.73. The first-order valence-electron chi connectivity index (χ1n) is 4.90. The second-order valence-corrected chi connectivity index (χ2v) is 4.43. The molecule has 0 bridgehead atoms. The number of hydrogen-bond donors (Lipinski definition) is 2. The normalized spacial score (nSPS) is 10.3. The number of halogens is 1. The first kappa shape index (κ1) is 11.2. The molecule has 2 aromatic rings. The lowest BCUT2D eigenvalue weighted by molar-refractivity contribution is 0.800. The van der Waals surface area contributed by atoms with Crippen LogP contribution >= 0.6 is 22.6 Å². The molecule has 0 aliphatic heterocycles. The van der Waals surface area contributed by atoms with E-state index in [4.69, 9.17) is 0 Å². The molecule has 7 heteroatoms. The number of aromatic nitrogens is 5. The van der Waals surface area contributed by atoms with Crippen LogP contribution in [0.1, 0.15) is 12.2 Å². The molecule has 0 aliphatic carbocycles. The van der Waals surface area contributed by atoms with Crippen LogP contribution in [0, 0.1) is 3.57 Å². The van der Waals surface area contributed by atoms with Gasteiger partial charge in [0.15, 0.2) is 0 Å². The smallest absolute Gasteiger partial charge is 0.222 e. The lowest BCUT2D eigenvalue weighted by Crippen LogP contribution is -2.06. The molecule has 16 heavy (non-hydrogen) atoms. The van der Waals surface area contributed by atoms with Gasteiger partial charge in [0.1, 0.15) is 12.2 Å². The molecule has 0 spiro atoms. The van der Waals surface area contributed by atoms with Gasteiger partial charge in [0.05, 0.1) is 0 Å². The summed E-state index contributed by atoms with van der Waals surface area (Å²) < 4.78 is 1.03. The average molecular weight is 330 g/mol. The molecule has 2 N–H and O–H groups in total. The number of nitrogens with one attached hydrogen (secondary N) is 2. The summed E-state index contributed by atoms with van der Waals surface area (Å²) in [5, 5.41) is 9.76. The summed E-state index contributed by atoms with van der Waals surface area (Å²) in [6.07, 6.45) is 6.92. The molecule has 0 saturated carbocycles. The van der Waals surface area contributed by atoms with Gasteiger partial charge in [-0.3, -0.25) is 5.10 Å². The Morgan fingerprint density at radius 3 is 2.75 bits per heavy atom. The fourth-order valence-corrected chi connectivity index (χ4v) is 1.49. The van der Waals surface area contributed by atoms with E-state index in [1.54, 1.807) is 12.4 Å². The highest BCUT2D eigenvalue weighted by Crippen LogP contribution is 2.03. The van der Waals surface area contributed by atoms with Crippen LogP contribution in [0.15, 0.2) is 18.7 Å². The van der Waals surface area contributed by atoms with Gasteiger partial charge in [-0.2, -0.15) is 5.10 Å². The topological polar surface area (TPSA) is 79.4 Å². The molecule has 0 fully saturated rings. The molecule has 2 aromatic heterocycles. The number of hydrogen-bond acceptors (Lipinski definition) is 5. The van der Waals surface area contributed by atoms with Crippen molar-refractivity contribution in [2.75, 3.05) is 11.9 Å². The molecule has 0 amide bonds. The van der Waals surface area contributed by atoms with Crippen molar-refractivity contribution in [3.05, 3.63) is 28.1 Å². The molecular formula is C9H11IN6. The van der Waals surface area contributed by atoms with Crippen LogP contribution in [0.3, 0.4) is 0 Å². The minimum absolute atomic E-state index is 0.665. The average Bonchev–Trinajstić information content (AvgIpc) is 2.80. The summed E-state index contributed by atoms with van der Waals surface area (Å²) in [5.41, 5.74) is 0. The Labute approximate surface area is 106 Å². The van der Waals surface area contributed by atoms with E-state index in [0.29, 0.717) is 5.95 Å². The van der Waals surface area contributed by atoms with E-state index in [1.165, 1.54) is 6.33 Å². The second-order valence-electron chi connectivity index (χ2n) is 3.19. The first-order chi connectivity index (χ1) is 7.84. The van der Waals surface area contributed by atoms with E-state index in [9.17, 15) is 0 Å². The molecular weight excluding hydrogens is 319 g/mol. The summed E-state index contributed by atoms with van der Waals surface area (Å²) in [7, 11) is 0. The maximum atomic E-state index is 4.15. The highest BCUT2D eigenvalue weighted by molar-refractivity contribution is 14.1. The fraction of sp³-hybridized carbons (Fsp3) is 0.333. The maximum Gasteiger partial charge on any atom is 0.222 e. The van der Waals surface area contributed by atoms with Crippen LogP contribution in [-0.4, -0.2) is 31.7 Å². The lowest BCUT2D eigenvalue weighted by Gasteiger charge is -2.02. The van der Waals surface area contributed by atoms with E-state index in [0.717, 1.165) is 28.8 Å². The Morgan fingerprint density at radius 2 is 2.06 bits per heavy atom. The van der Waals surface area contributed by atoms with Crippen molar-refractivity contribution in [3.8, 4) is 0 Å². The zero-order chi connectivity index (χ0) is 11.2. The predicted octanol–water partition coefficient (Wildman–Crippen LogP) is 1.24. The zero-order valence-corrected chi connectivity index (χ0v) is 10.7. The monoisotopic (exact) mass is 330 g/mol. The van der Waals surface area contributed by atoms with Gasteiger partial charge in [-0.15, -0.1) is 0 Å². The Kier molecular flexibility index (Phi) is 4.03. The summed E-state index contributed by atoms with van der Waals surface area (Å²) in [6, 6.07) is 0. The third-order valence-electron chi connectivity index (χ3n) is 1.96. The highest BCUT2D eigenvalue weighted by atomic mass is 127. The van der Waals surface area contributed by atoms with Crippen molar-refractivity contribution >= 4 is 28.5 Å². The van der Waals surface area contributed by atoms with Gasteiger partial charge in [0.25, 0.3) is 0 Å². The van der Waals surface area contributed by atoms with E-state index < -0.39 is 0 Å². The minimum atomic E-state index is 0.665. The number of rotatable bonds is 5. The zero-order valence-electron chi connectivity index (χ0n) is 8.52. The molecule has 6 nitrogen and oxygen atoms in total. The minimum Gasteiger partial charge on any atom is -0.354 e. The van der Waals surface area contributed by atoms with Crippen LogP contribution in [0.5, 0.6) is 0 Å². The van der Waals surface area contributed by atoms with Gasteiger partial charge in [0, 0.05) is 28.9 Å². The van der Waals surface area contributed by atoms with Gasteiger partial charge in [-0.05, 0) is 29.0 Å². The summed E-state index contributed by atoms with van der Waals surface area (Å²) in [4.78, 5) is 12.3. The maximum absolute atomic E-state index is 4.15. The van der Waals surface area contributed by atoms with Crippen LogP contribution in [-0.2, 0) is 6.42 Å². The van der Waals surface area contributed by atoms with Gasteiger partial charge in [0.2, 0.25) is 5.95 Å². The molecule has 0 aromatic carbocycles. The molecule has 0 saturated heterocycles. The summed E-state index contributed by atoms with van der Waals surface area (Å²) in [5.74, 6) is 1.57. The van der Waals surface area contributed by atoms with Crippen molar-refractivity contribution in [2.45, 2.75) is 12.8 Å². The molecule has 0 aliphatic rings. The molecule has 0 atom stereocenters. The molecule has 0 unspecified atom stereocenters. The van der Waals surface area contributed by atoms with Crippen LogP contribution < -0.4 is 5.32 Å². The number of aromatic amines is 1. The van der Waals surface area contributed by atoms with E-state index in [2.05, 4.69) is 53.1 Å². The summed E-state index contributed by atoms with van der Waals surface area (Å²) in [6.45, 7) is 0.821. The lowest BCUT2D eigenvalue weighted by atomic mass is 10.3. The predicted molar refractivity (Wildman–Crippen MR) is 67.9 cm³/mol. The Balaban J connectivity index is 1.70. The van der Waals surface area contributed by atoms with E-state index in [-0.39, 0.29) is 0 Å².